The van der Waals surface area contributed by atoms with Gasteiger partial charge in [0.1, 0.15) is 5.75 Å². The average molecular weight is 301 g/mol. The van der Waals surface area contributed by atoms with E-state index in [1.54, 1.807) is 31.5 Å². The van der Waals surface area contributed by atoms with Gasteiger partial charge in [-0.3, -0.25) is 4.79 Å². The summed E-state index contributed by atoms with van der Waals surface area (Å²) in [7, 11) is 1.59. The standard InChI is InChI=1S/C16H13ClN2O2/c1-21-10-3-5-15-11(7-10)12(8-19-15)16(20)9-2-4-14(18)13(17)6-9/h2-8,19H,18H2,1H3. The molecular weight excluding hydrogens is 288 g/mol. The number of methoxy groups -OCH3 is 1. The van der Waals surface area contributed by atoms with Gasteiger partial charge < -0.3 is 15.5 Å². The fourth-order valence-electron chi connectivity index (χ4n) is 2.24. The van der Waals surface area contributed by atoms with Gasteiger partial charge in [-0.25, -0.2) is 0 Å². The predicted molar refractivity (Wildman–Crippen MR) is 84.1 cm³/mol. The minimum Gasteiger partial charge on any atom is -0.497 e. The summed E-state index contributed by atoms with van der Waals surface area (Å²) in [6, 6.07) is 10.4. The smallest absolute Gasteiger partial charge is 0.195 e. The summed E-state index contributed by atoms with van der Waals surface area (Å²) in [6.45, 7) is 0. The topological polar surface area (TPSA) is 68.1 Å². The molecule has 0 spiro atoms. The quantitative estimate of drug-likeness (QED) is 0.573. The van der Waals surface area contributed by atoms with Gasteiger partial charge in [0.15, 0.2) is 5.78 Å². The SMILES string of the molecule is COc1ccc2[nH]cc(C(=O)c3ccc(N)c(Cl)c3)c2c1. The van der Waals surface area contributed by atoms with E-state index in [1.165, 1.54) is 0 Å². The van der Waals surface area contributed by atoms with Gasteiger partial charge in [-0.05, 0) is 36.4 Å². The number of hydrogen-bond acceptors (Lipinski definition) is 3. The molecule has 4 nitrogen and oxygen atoms in total. The zero-order chi connectivity index (χ0) is 15.0. The van der Waals surface area contributed by atoms with E-state index < -0.39 is 0 Å². The van der Waals surface area contributed by atoms with Gasteiger partial charge in [0, 0.05) is 28.2 Å². The van der Waals surface area contributed by atoms with Crippen molar-refractivity contribution in [2.75, 3.05) is 12.8 Å². The molecule has 106 valence electrons. The first-order valence-corrected chi connectivity index (χ1v) is 6.73. The van der Waals surface area contributed by atoms with Crippen LogP contribution in [-0.2, 0) is 0 Å². The van der Waals surface area contributed by atoms with Crippen molar-refractivity contribution >= 4 is 34.0 Å². The van der Waals surface area contributed by atoms with E-state index in [2.05, 4.69) is 4.98 Å². The number of rotatable bonds is 3. The number of carbonyl (C=O) groups excluding carboxylic acids is 1. The van der Waals surface area contributed by atoms with Crippen molar-refractivity contribution in [1.82, 2.24) is 4.98 Å². The third kappa shape index (κ3) is 2.34. The van der Waals surface area contributed by atoms with Gasteiger partial charge in [-0.1, -0.05) is 11.6 Å². The molecule has 3 N–H and O–H groups in total. The maximum Gasteiger partial charge on any atom is 0.195 e. The Morgan fingerprint density at radius 1 is 1.24 bits per heavy atom. The first kappa shape index (κ1) is 13.5. The summed E-state index contributed by atoms with van der Waals surface area (Å²) < 4.78 is 5.20. The Labute approximate surface area is 126 Å². The number of halogens is 1. The number of H-pyrrole nitrogens is 1. The lowest BCUT2D eigenvalue weighted by Gasteiger charge is -2.04. The lowest BCUT2D eigenvalue weighted by molar-refractivity contribution is 0.104. The summed E-state index contributed by atoms with van der Waals surface area (Å²) in [5.41, 5.74) is 8.07. The number of nitrogens with one attached hydrogen (secondary N) is 1. The van der Waals surface area contributed by atoms with Crippen LogP contribution >= 0.6 is 11.6 Å². The fraction of sp³-hybridized carbons (Fsp3) is 0.0625. The molecule has 5 heteroatoms. The van der Waals surface area contributed by atoms with E-state index in [0.29, 0.717) is 27.6 Å². The van der Waals surface area contributed by atoms with Crippen molar-refractivity contribution in [2.24, 2.45) is 0 Å². The molecule has 0 aliphatic heterocycles. The molecule has 21 heavy (non-hydrogen) atoms. The Kier molecular flexibility index (Phi) is 3.31. The zero-order valence-electron chi connectivity index (χ0n) is 11.3. The molecule has 0 fully saturated rings. The van der Waals surface area contributed by atoms with Gasteiger partial charge in [0.25, 0.3) is 0 Å². The van der Waals surface area contributed by atoms with Crippen LogP contribution < -0.4 is 10.5 Å². The Hall–Kier alpha value is -2.46. The highest BCUT2D eigenvalue weighted by molar-refractivity contribution is 6.33. The van der Waals surface area contributed by atoms with Gasteiger partial charge in [0.2, 0.25) is 0 Å². The molecule has 2 aromatic carbocycles. The van der Waals surface area contributed by atoms with Crippen molar-refractivity contribution in [3.05, 3.63) is 58.7 Å². The van der Waals surface area contributed by atoms with Crippen LogP contribution in [0.3, 0.4) is 0 Å². The Morgan fingerprint density at radius 3 is 2.76 bits per heavy atom. The second-order valence-corrected chi connectivity index (χ2v) is 5.09. The second kappa shape index (κ2) is 5.14. The largest absolute Gasteiger partial charge is 0.497 e. The lowest BCUT2D eigenvalue weighted by atomic mass is 10.0. The summed E-state index contributed by atoms with van der Waals surface area (Å²) >= 11 is 5.98. The Morgan fingerprint density at radius 2 is 2.05 bits per heavy atom. The van der Waals surface area contributed by atoms with Gasteiger partial charge in [-0.15, -0.1) is 0 Å². The number of fused-ring (bicyclic) bond motifs is 1. The number of ketones is 1. The van der Waals surface area contributed by atoms with E-state index in [1.807, 2.05) is 18.2 Å². The molecule has 0 bridgehead atoms. The Bertz CT molecular complexity index is 839. The van der Waals surface area contributed by atoms with Crippen LogP contribution in [0.15, 0.2) is 42.6 Å². The molecule has 1 heterocycles. The summed E-state index contributed by atoms with van der Waals surface area (Å²) in [6.07, 6.45) is 1.69. The van der Waals surface area contributed by atoms with Crippen LogP contribution in [0.2, 0.25) is 5.02 Å². The fourth-order valence-corrected chi connectivity index (χ4v) is 2.42. The van der Waals surface area contributed by atoms with Crippen LogP contribution in [-0.4, -0.2) is 17.9 Å². The molecule has 0 unspecified atom stereocenters. The maximum atomic E-state index is 12.6. The highest BCUT2D eigenvalue weighted by Gasteiger charge is 2.15. The molecule has 1 aromatic heterocycles. The minimum absolute atomic E-state index is 0.114. The molecule has 0 radical (unpaired) electrons. The normalized spacial score (nSPS) is 10.8. The van der Waals surface area contributed by atoms with Crippen LogP contribution in [0.25, 0.3) is 10.9 Å². The molecule has 3 aromatic rings. The summed E-state index contributed by atoms with van der Waals surface area (Å²) in [4.78, 5) is 15.7. The van der Waals surface area contributed by atoms with Crippen LogP contribution in [0.5, 0.6) is 5.75 Å². The summed E-state index contributed by atoms with van der Waals surface area (Å²) in [5.74, 6) is 0.586. The number of anilines is 1. The van der Waals surface area contributed by atoms with Crippen molar-refractivity contribution in [1.29, 1.82) is 0 Å². The van der Waals surface area contributed by atoms with Crippen LogP contribution in [0.4, 0.5) is 5.69 Å². The van der Waals surface area contributed by atoms with E-state index >= 15 is 0 Å². The number of ether oxygens (including phenoxy) is 1. The number of benzene rings is 2. The first-order valence-electron chi connectivity index (χ1n) is 6.35. The zero-order valence-corrected chi connectivity index (χ0v) is 12.1. The van der Waals surface area contributed by atoms with E-state index in [0.717, 1.165) is 10.9 Å². The van der Waals surface area contributed by atoms with Gasteiger partial charge in [0.05, 0.1) is 17.8 Å². The van der Waals surface area contributed by atoms with Crippen LogP contribution in [0, 0.1) is 0 Å². The van der Waals surface area contributed by atoms with Gasteiger partial charge in [-0.2, -0.15) is 0 Å². The molecular formula is C16H13ClN2O2. The molecule has 0 saturated carbocycles. The summed E-state index contributed by atoms with van der Waals surface area (Å²) in [5, 5.41) is 1.19. The highest BCUT2D eigenvalue weighted by Crippen LogP contribution is 2.27. The van der Waals surface area contributed by atoms with Crippen molar-refractivity contribution in [3.8, 4) is 5.75 Å². The second-order valence-electron chi connectivity index (χ2n) is 4.68. The molecule has 0 aliphatic carbocycles. The lowest BCUT2D eigenvalue weighted by Crippen LogP contribution is -2.01. The molecule has 0 atom stereocenters. The van der Waals surface area contributed by atoms with E-state index in [9.17, 15) is 4.79 Å². The number of nitrogen functional groups attached to an aromatic ring is 1. The number of hydrogen-bond donors (Lipinski definition) is 2. The Balaban J connectivity index is 2.10. The first-order chi connectivity index (χ1) is 10.1. The van der Waals surface area contributed by atoms with Crippen LogP contribution in [0.1, 0.15) is 15.9 Å². The van der Waals surface area contributed by atoms with Crippen molar-refractivity contribution < 1.29 is 9.53 Å². The predicted octanol–water partition coefficient (Wildman–Crippen LogP) is 3.64. The molecule has 0 saturated heterocycles. The van der Waals surface area contributed by atoms with Crippen molar-refractivity contribution in [3.63, 3.8) is 0 Å². The van der Waals surface area contributed by atoms with Crippen molar-refractivity contribution in [2.45, 2.75) is 0 Å². The number of aromatic amines is 1. The van der Waals surface area contributed by atoms with Gasteiger partial charge >= 0.3 is 0 Å². The maximum absolute atomic E-state index is 12.6. The third-order valence-electron chi connectivity index (χ3n) is 3.40. The number of carbonyl (C=O) groups is 1. The number of nitrogens with two attached hydrogens (primary N) is 1. The minimum atomic E-state index is -0.114. The molecule has 0 aliphatic rings. The molecule has 0 amide bonds. The molecule has 3 rings (SSSR count). The average Bonchev–Trinajstić information content (AvgIpc) is 2.92. The van der Waals surface area contributed by atoms with E-state index in [-0.39, 0.29) is 5.78 Å². The monoisotopic (exact) mass is 300 g/mol. The highest BCUT2D eigenvalue weighted by atomic mass is 35.5. The third-order valence-corrected chi connectivity index (χ3v) is 3.72. The number of aromatic nitrogens is 1. The van der Waals surface area contributed by atoms with E-state index in [4.69, 9.17) is 22.1 Å².